The van der Waals surface area contributed by atoms with E-state index in [1.54, 1.807) is 0 Å². The van der Waals surface area contributed by atoms with Gasteiger partial charge in [0.2, 0.25) is 0 Å². The topological polar surface area (TPSA) is 77.3 Å². The summed E-state index contributed by atoms with van der Waals surface area (Å²) in [5.74, 6) is 0.429. The van der Waals surface area contributed by atoms with Crippen LogP contribution in [-0.2, 0) is 4.74 Å². The molecule has 6 nitrogen and oxygen atoms in total. The molecule has 0 unspecified atom stereocenters. The van der Waals surface area contributed by atoms with Crippen LogP contribution in [0.5, 0.6) is 0 Å². The maximum atomic E-state index is 10.7. The maximum Gasteiger partial charge on any atom is 0.276 e. The van der Waals surface area contributed by atoms with Gasteiger partial charge in [-0.3, -0.25) is 10.1 Å². The molecule has 0 atom stereocenters. The monoisotopic (exact) mass is 271 g/mol. The van der Waals surface area contributed by atoms with Crippen LogP contribution in [0.2, 0.25) is 5.15 Å². The van der Waals surface area contributed by atoms with Crippen LogP contribution in [0, 0.1) is 10.1 Å². The molecule has 0 aromatic carbocycles. The van der Waals surface area contributed by atoms with Gasteiger partial charge < -0.3 is 10.1 Å². The van der Waals surface area contributed by atoms with Crippen molar-refractivity contribution in [2.45, 2.75) is 25.3 Å². The van der Waals surface area contributed by atoms with Crippen molar-refractivity contribution in [3.8, 4) is 0 Å². The van der Waals surface area contributed by atoms with E-state index in [9.17, 15) is 10.1 Å². The summed E-state index contributed by atoms with van der Waals surface area (Å²) in [6, 6.07) is 2.63. The number of aromatic nitrogens is 1. The number of halogens is 1. The second kappa shape index (κ2) is 5.07. The van der Waals surface area contributed by atoms with Crippen molar-refractivity contribution < 1.29 is 9.66 Å². The summed E-state index contributed by atoms with van der Waals surface area (Å²) in [5.41, 5.74) is -0.225. The van der Waals surface area contributed by atoms with Crippen LogP contribution >= 0.6 is 11.6 Å². The molecule has 2 rings (SSSR count). The van der Waals surface area contributed by atoms with E-state index in [4.69, 9.17) is 16.3 Å². The predicted molar refractivity (Wildman–Crippen MR) is 68.0 cm³/mol. The molecule has 1 aliphatic heterocycles. The number of hydrogen-bond acceptors (Lipinski definition) is 5. The Morgan fingerprint density at radius 1 is 1.50 bits per heavy atom. The van der Waals surface area contributed by atoms with Crippen LogP contribution < -0.4 is 5.32 Å². The first-order valence-electron chi connectivity index (χ1n) is 5.66. The quantitative estimate of drug-likeness (QED) is 0.519. The highest BCUT2D eigenvalue weighted by Gasteiger charge is 2.28. The molecule has 1 aromatic heterocycles. The Labute approximate surface area is 109 Å². The number of ether oxygens (including phenoxy) is 1. The molecule has 0 spiro atoms. The Kier molecular flexibility index (Phi) is 3.68. The third-order valence-corrected chi connectivity index (χ3v) is 3.21. The second-order valence-corrected chi connectivity index (χ2v) is 4.98. The van der Waals surface area contributed by atoms with Crippen LogP contribution in [0.1, 0.15) is 19.8 Å². The molecule has 18 heavy (non-hydrogen) atoms. The Hall–Kier alpha value is -1.40. The molecular formula is C11H14ClN3O3. The second-order valence-electron chi connectivity index (χ2n) is 4.59. The summed E-state index contributed by atoms with van der Waals surface area (Å²) >= 11 is 5.78. The first-order chi connectivity index (χ1) is 8.48. The van der Waals surface area contributed by atoms with E-state index in [2.05, 4.69) is 10.3 Å². The average Bonchev–Trinajstić information content (AvgIpc) is 2.28. The molecule has 98 valence electrons. The number of nitrogens with one attached hydrogen (secondary N) is 1. The molecule has 2 heterocycles. The Balaban J connectivity index is 2.20. The fourth-order valence-electron chi connectivity index (χ4n) is 1.91. The van der Waals surface area contributed by atoms with Crippen molar-refractivity contribution >= 4 is 23.1 Å². The lowest BCUT2D eigenvalue weighted by Gasteiger charge is -2.34. The van der Waals surface area contributed by atoms with Crippen LogP contribution in [0.3, 0.4) is 0 Å². The maximum absolute atomic E-state index is 10.7. The lowest BCUT2D eigenvalue weighted by molar-refractivity contribution is -0.384. The van der Waals surface area contributed by atoms with Gasteiger partial charge in [-0.1, -0.05) is 11.6 Å². The standard InChI is InChI=1S/C11H14ClN3O3/c1-11(2-4-18-5-3-11)14-10-7-8(15(16)17)6-9(12)13-10/h6-7H,2-5H2,1H3,(H,13,14). The van der Waals surface area contributed by atoms with Gasteiger partial charge in [-0.15, -0.1) is 0 Å². The van der Waals surface area contributed by atoms with Crippen LogP contribution in [-0.4, -0.2) is 28.7 Å². The highest BCUT2D eigenvalue weighted by molar-refractivity contribution is 6.29. The molecule has 0 saturated carbocycles. The molecule has 0 amide bonds. The lowest BCUT2D eigenvalue weighted by Crippen LogP contribution is -2.40. The molecule has 0 bridgehead atoms. The molecule has 1 fully saturated rings. The van der Waals surface area contributed by atoms with Crippen molar-refractivity contribution in [3.05, 3.63) is 27.4 Å². The normalized spacial score (nSPS) is 18.3. The zero-order valence-electron chi connectivity index (χ0n) is 9.98. The van der Waals surface area contributed by atoms with Crippen molar-refractivity contribution in [2.24, 2.45) is 0 Å². The highest BCUT2D eigenvalue weighted by atomic mass is 35.5. The van der Waals surface area contributed by atoms with Gasteiger partial charge in [0.15, 0.2) is 0 Å². The number of nitrogens with zero attached hydrogens (tertiary/aromatic N) is 2. The van der Waals surface area contributed by atoms with Gasteiger partial charge in [0.25, 0.3) is 5.69 Å². The van der Waals surface area contributed by atoms with Gasteiger partial charge in [0.05, 0.1) is 17.1 Å². The van der Waals surface area contributed by atoms with Crippen LogP contribution in [0.15, 0.2) is 12.1 Å². The van der Waals surface area contributed by atoms with Crippen LogP contribution in [0.4, 0.5) is 11.5 Å². The van der Waals surface area contributed by atoms with Crippen molar-refractivity contribution in [2.75, 3.05) is 18.5 Å². The summed E-state index contributed by atoms with van der Waals surface area (Å²) in [5, 5.41) is 14.1. The van der Waals surface area contributed by atoms with Gasteiger partial charge in [0, 0.05) is 18.8 Å². The lowest BCUT2D eigenvalue weighted by atomic mass is 9.92. The Morgan fingerprint density at radius 3 is 2.78 bits per heavy atom. The molecule has 1 N–H and O–H groups in total. The summed E-state index contributed by atoms with van der Waals surface area (Å²) in [4.78, 5) is 14.3. The molecule has 0 aliphatic carbocycles. The fourth-order valence-corrected chi connectivity index (χ4v) is 2.11. The minimum Gasteiger partial charge on any atom is -0.381 e. The van der Waals surface area contributed by atoms with Crippen LogP contribution in [0.25, 0.3) is 0 Å². The van der Waals surface area contributed by atoms with Gasteiger partial charge in [-0.2, -0.15) is 0 Å². The Morgan fingerprint density at radius 2 is 2.17 bits per heavy atom. The largest absolute Gasteiger partial charge is 0.381 e. The minimum atomic E-state index is -0.481. The zero-order chi connectivity index (χ0) is 13.2. The van der Waals surface area contributed by atoms with Gasteiger partial charge in [-0.05, 0) is 19.8 Å². The van der Waals surface area contributed by atoms with E-state index in [0.29, 0.717) is 19.0 Å². The number of anilines is 1. The number of hydrogen-bond donors (Lipinski definition) is 1. The summed E-state index contributed by atoms with van der Waals surface area (Å²) in [7, 11) is 0. The SMILES string of the molecule is CC1(Nc2cc([N+](=O)[O-])cc(Cl)n2)CCOCC1. The average molecular weight is 272 g/mol. The third-order valence-electron chi connectivity index (χ3n) is 3.02. The number of rotatable bonds is 3. The van der Waals surface area contributed by atoms with Crippen molar-refractivity contribution in [1.29, 1.82) is 0 Å². The van der Waals surface area contributed by atoms with Gasteiger partial charge in [0.1, 0.15) is 11.0 Å². The molecular weight excluding hydrogens is 258 g/mol. The molecule has 1 saturated heterocycles. The summed E-state index contributed by atoms with van der Waals surface area (Å²) in [6.07, 6.45) is 1.66. The molecule has 0 radical (unpaired) electrons. The smallest absolute Gasteiger partial charge is 0.276 e. The van der Waals surface area contributed by atoms with Gasteiger partial charge in [-0.25, -0.2) is 4.98 Å². The van der Waals surface area contributed by atoms with Gasteiger partial charge >= 0.3 is 0 Å². The first-order valence-corrected chi connectivity index (χ1v) is 6.04. The van der Waals surface area contributed by atoms with E-state index in [1.165, 1.54) is 12.1 Å². The van der Waals surface area contributed by atoms with E-state index >= 15 is 0 Å². The fraction of sp³-hybridized carbons (Fsp3) is 0.545. The van der Waals surface area contributed by atoms with E-state index in [0.717, 1.165) is 12.8 Å². The number of pyridine rings is 1. The van der Waals surface area contributed by atoms with E-state index in [1.807, 2.05) is 6.92 Å². The minimum absolute atomic E-state index is 0.0619. The summed E-state index contributed by atoms with van der Waals surface area (Å²) < 4.78 is 5.29. The predicted octanol–water partition coefficient (Wildman–Crippen LogP) is 2.62. The third kappa shape index (κ3) is 3.08. The Bertz CT molecular complexity index is 461. The highest BCUT2D eigenvalue weighted by Crippen LogP contribution is 2.27. The summed E-state index contributed by atoms with van der Waals surface area (Å²) in [6.45, 7) is 3.39. The molecule has 1 aromatic rings. The van der Waals surface area contributed by atoms with Crippen molar-refractivity contribution in [3.63, 3.8) is 0 Å². The number of nitro groups is 1. The van der Waals surface area contributed by atoms with E-state index in [-0.39, 0.29) is 16.4 Å². The zero-order valence-corrected chi connectivity index (χ0v) is 10.7. The first kappa shape index (κ1) is 13.0. The van der Waals surface area contributed by atoms with E-state index < -0.39 is 4.92 Å². The molecule has 7 heteroatoms. The molecule has 1 aliphatic rings. The van der Waals surface area contributed by atoms with Crippen molar-refractivity contribution in [1.82, 2.24) is 4.98 Å².